The van der Waals surface area contributed by atoms with Gasteiger partial charge in [0.05, 0.1) is 0 Å². The average molecular weight is 278 g/mol. The Kier molecular flexibility index (Phi) is 3.65. The lowest BCUT2D eigenvalue weighted by Crippen LogP contribution is -2.21. The summed E-state index contributed by atoms with van der Waals surface area (Å²) in [6.07, 6.45) is 1.19. The molecule has 0 amide bonds. The van der Waals surface area contributed by atoms with Gasteiger partial charge >= 0.3 is 0 Å². The van der Waals surface area contributed by atoms with Crippen molar-refractivity contribution in [2.75, 3.05) is 0 Å². The van der Waals surface area contributed by atoms with Crippen LogP contribution < -0.4 is 0 Å². The van der Waals surface area contributed by atoms with Crippen LogP contribution in [0.3, 0.4) is 0 Å². The molecule has 6 bridgehead atoms. The topological polar surface area (TPSA) is 0 Å². The zero-order valence-corrected chi connectivity index (χ0v) is 13.9. The highest BCUT2D eigenvalue weighted by Gasteiger charge is 2.34. The van der Waals surface area contributed by atoms with E-state index in [2.05, 4.69) is 57.2 Å². The highest BCUT2D eigenvalue weighted by molar-refractivity contribution is 5.78. The average Bonchev–Trinajstić information content (AvgIpc) is 2.53. The van der Waals surface area contributed by atoms with Crippen molar-refractivity contribution in [1.29, 1.82) is 0 Å². The molecule has 3 aliphatic carbocycles. The molecule has 0 heterocycles. The third-order valence-corrected chi connectivity index (χ3v) is 5.34. The molecule has 2 unspecified atom stereocenters. The first-order valence-electron chi connectivity index (χ1n) is 8.43. The minimum absolute atomic E-state index is 0.638. The Labute approximate surface area is 129 Å². The first-order chi connectivity index (χ1) is 10.2. The summed E-state index contributed by atoms with van der Waals surface area (Å²) >= 11 is 0. The van der Waals surface area contributed by atoms with Crippen molar-refractivity contribution in [2.24, 2.45) is 0 Å². The van der Waals surface area contributed by atoms with Gasteiger partial charge in [0.2, 0.25) is 0 Å². The van der Waals surface area contributed by atoms with Gasteiger partial charge in [0.1, 0.15) is 0 Å². The molecular weight excluding hydrogens is 252 g/mol. The standard InChI is InChI=1S/C19H20.C2H6/c1-11-10-14-6-4-8-16-17-9-5-7-15(11)19(17)13(3)12(2)18(14)16;1-2/h4-9,11-13H,10H2,1-3H3;1-2H3/t11-,12?,13?;/m0./s1. The van der Waals surface area contributed by atoms with Crippen molar-refractivity contribution < 1.29 is 0 Å². The van der Waals surface area contributed by atoms with Crippen molar-refractivity contribution in [3.05, 3.63) is 58.7 Å². The van der Waals surface area contributed by atoms with Crippen molar-refractivity contribution >= 4 is 0 Å². The van der Waals surface area contributed by atoms with Gasteiger partial charge in [-0.1, -0.05) is 71.0 Å². The van der Waals surface area contributed by atoms with E-state index in [0.29, 0.717) is 17.8 Å². The van der Waals surface area contributed by atoms with Crippen LogP contribution in [0.2, 0.25) is 0 Å². The lowest BCUT2D eigenvalue weighted by Gasteiger charge is -2.38. The van der Waals surface area contributed by atoms with Gasteiger partial charge in [-0.2, -0.15) is 0 Å². The molecule has 0 aromatic heterocycles. The van der Waals surface area contributed by atoms with Crippen LogP contribution in [0.4, 0.5) is 0 Å². The molecule has 3 aliphatic rings. The summed E-state index contributed by atoms with van der Waals surface area (Å²) in [5.74, 6) is 1.93. The van der Waals surface area contributed by atoms with E-state index in [-0.39, 0.29) is 0 Å². The summed E-state index contributed by atoms with van der Waals surface area (Å²) in [7, 11) is 0. The first-order valence-corrected chi connectivity index (χ1v) is 8.43. The van der Waals surface area contributed by atoms with Crippen LogP contribution in [-0.2, 0) is 6.42 Å². The second-order valence-corrected chi connectivity index (χ2v) is 6.37. The lowest BCUT2D eigenvalue weighted by atomic mass is 9.66. The van der Waals surface area contributed by atoms with Crippen molar-refractivity contribution in [3.63, 3.8) is 0 Å². The Morgan fingerprint density at radius 2 is 1.33 bits per heavy atom. The highest BCUT2D eigenvalue weighted by Crippen LogP contribution is 2.52. The number of hydrogen-bond acceptors (Lipinski definition) is 0. The normalized spacial score (nSPS) is 24.7. The fourth-order valence-corrected chi connectivity index (χ4v) is 4.26. The molecular formula is C21H26. The zero-order chi connectivity index (χ0) is 15.1. The predicted molar refractivity (Wildman–Crippen MR) is 92.2 cm³/mol. The van der Waals surface area contributed by atoms with Gasteiger partial charge < -0.3 is 0 Å². The molecule has 21 heavy (non-hydrogen) atoms. The predicted octanol–water partition coefficient (Wildman–Crippen LogP) is 6.26. The van der Waals surface area contributed by atoms with Crippen molar-refractivity contribution in [2.45, 2.75) is 58.8 Å². The molecule has 5 rings (SSSR count). The van der Waals surface area contributed by atoms with E-state index in [1.807, 2.05) is 13.8 Å². The molecule has 3 atom stereocenters. The van der Waals surface area contributed by atoms with Crippen LogP contribution in [0.5, 0.6) is 0 Å². The number of hydrogen-bond donors (Lipinski definition) is 0. The zero-order valence-electron chi connectivity index (χ0n) is 13.9. The number of rotatable bonds is 0. The maximum absolute atomic E-state index is 2.41. The Morgan fingerprint density at radius 3 is 2.05 bits per heavy atom. The Bertz CT molecular complexity index is 666. The Morgan fingerprint density at radius 1 is 0.762 bits per heavy atom. The number of benzene rings is 2. The van der Waals surface area contributed by atoms with Crippen LogP contribution in [0.25, 0.3) is 11.1 Å². The van der Waals surface area contributed by atoms with Gasteiger partial charge in [0, 0.05) is 0 Å². The summed E-state index contributed by atoms with van der Waals surface area (Å²) in [6.45, 7) is 11.2. The van der Waals surface area contributed by atoms with E-state index in [0.717, 1.165) is 0 Å². The minimum atomic E-state index is 0.638. The SMILES string of the molecule is CC.CC1c2c3cccc2-c2cccc(c2C1C)[C@@H](C)C3. The monoisotopic (exact) mass is 278 g/mol. The molecule has 0 aliphatic heterocycles. The molecule has 2 aromatic rings. The fraction of sp³-hybridized carbons (Fsp3) is 0.429. The molecule has 0 spiro atoms. The summed E-state index contributed by atoms with van der Waals surface area (Å²) in [5.41, 5.74) is 9.37. The van der Waals surface area contributed by atoms with Crippen molar-refractivity contribution in [3.8, 4) is 11.1 Å². The van der Waals surface area contributed by atoms with Gasteiger partial charge in [-0.25, -0.2) is 0 Å². The maximum Gasteiger partial charge on any atom is -0.0115 e. The van der Waals surface area contributed by atoms with Gasteiger partial charge in [0.15, 0.2) is 0 Å². The smallest absolute Gasteiger partial charge is 0.0115 e. The van der Waals surface area contributed by atoms with Crippen LogP contribution in [0, 0.1) is 0 Å². The van der Waals surface area contributed by atoms with E-state index >= 15 is 0 Å². The van der Waals surface area contributed by atoms with Gasteiger partial charge in [-0.05, 0) is 57.6 Å². The van der Waals surface area contributed by atoms with Crippen LogP contribution in [-0.4, -0.2) is 0 Å². The quantitative estimate of drug-likeness (QED) is 0.533. The third-order valence-electron chi connectivity index (χ3n) is 5.34. The molecule has 0 fully saturated rings. The van der Waals surface area contributed by atoms with E-state index in [1.54, 1.807) is 22.3 Å². The van der Waals surface area contributed by atoms with Crippen molar-refractivity contribution in [1.82, 2.24) is 0 Å². The van der Waals surface area contributed by atoms with Gasteiger partial charge in [0.25, 0.3) is 0 Å². The minimum Gasteiger partial charge on any atom is -0.0683 e. The van der Waals surface area contributed by atoms with E-state index in [9.17, 15) is 0 Å². The van der Waals surface area contributed by atoms with Gasteiger partial charge in [-0.15, -0.1) is 0 Å². The van der Waals surface area contributed by atoms with E-state index < -0.39 is 0 Å². The third kappa shape index (κ3) is 1.96. The van der Waals surface area contributed by atoms with Crippen LogP contribution in [0.1, 0.15) is 74.6 Å². The molecule has 0 N–H and O–H groups in total. The first kappa shape index (κ1) is 14.4. The summed E-state index contributed by atoms with van der Waals surface area (Å²) < 4.78 is 0. The lowest BCUT2D eigenvalue weighted by molar-refractivity contribution is 0.576. The van der Waals surface area contributed by atoms with Crippen LogP contribution in [0.15, 0.2) is 36.4 Å². The highest BCUT2D eigenvalue weighted by atomic mass is 14.4. The summed E-state index contributed by atoms with van der Waals surface area (Å²) in [5, 5.41) is 0. The molecule has 0 heteroatoms. The fourth-order valence-electron chi connectivity index (χ4n) is 4.26. The molecule has 0 nitrogen and oxygen atoms in total. The second kappa shape index (κ2) is 5.33. The molecule has 2 aromatic carbocycles. The molecule has 0 radical (unpaired) electrons. The molecule has 110 valence electrons. The molecule has 0 saturated carbocycles. The number of fused-ring (bicyclic) bond motifs is 2. The Hall–Kier alpha value is -1.56. The Balaban J connectivity index is 0.000000636. The van der Waals surface area contributed by atoms with Gasteiger partial charge in [-0.3, -0.25) is 0 Å². The van der Waals surface area contributed by atoms with E-state index in [1.165, 1.54) is 17.5 Å². The largest absolute Gasteiger partial charge is 0.0683 e. The van der Waals surface area contributed by atoms with Crippen LogP contribution >= 0.6 is 0 Å². The molecule has 0 saturated heterocycles. The van der Waals surface area contributed by atoms with E-state index in [4.69, 9.17) is 0 Å². The summed E-state index contributed by atoms with van der Waals surface area (Å²) in [6, 6.07) is 13.8. The maximum atomic E-state index is 2.41. The second-order valence-electron chi connectivity index (χ2n) is 6.37. The summed E-state index contributed by atoms with van der Waals surface area (Å²) in [4.78, 5) is 0.